The second-order valence-corrected chi connectivity index (χ2v) is 9.80. The third-order valence-corrected chi connectivity index (χ3v) is 5.84. The molecule has 1 heteroatoms. The maximum Gasteiger partial charge on any atom is -0.00187 e. The van der Waals surface area contributed by atoms with Gasteiger partial charge in [-0.3, -0.25) is 0 Å². The van der Waals surface area contributed by atoms with Gasteiger partial charge in [0.15, 0.2) is 0 Å². The third kappa shape index (κ3) is 22.1. The lowest BCUT2D eigenvalue weighted by molar-refractivity contribution is 0.253. The van der Waals surface area contributed by atoms with Gasteiger partial charge in [0.2, 0.25) is 0 Å². The molecule has 0 heterocycles. The summed E-state index contributed by atoms with van der Waals surface area (Å²) in [5.74, 6) is 1.75. The van der Waals surface area contributed by atoms with Crippen molar-refractivity contribution in [3.05, 3.63) is 0 Å². The summed E-state index contributed by atoms with van der Waals surface area (Å²) in [5, 5.41) is 0. The molecule has 0 aliphatic rings. The highest BCUT2D eigenvalue weighted by atomic mass is 15.1. The molecule has 0 atom stereocenters. The highest BCUT2D eigenvalue weighted by Gasteiger charge is 2.05. The Hall–Kier alpha value is -0.0400. The molecule has 0 rings (SSSR count). The SMILES string of the molecule is CCCCCCCCCCN(CCCCCC(C)C)CCCCCC(C)C. The van der Waals surface area contributed by atoms with Gasteiger partial charge in [-0.25, -0.2) is 0 Å². The summed E-state index contributed by atoms with van der Waals surface area (Å²) >= 11 is 0. The van der Waals surface area contributed by atoms with Gasteiger partial charge in [-0.2, -0.15) is 0 Å². The minimum Gasteiger partial charge on any atom is -0.303 e. The Morgan fingerprint density at radius 1 is 0.444 bits per heavy atom. The Morgan fingerprint density at radius 2 is 0.778 bits per heavy atom. The quantitative estimate of drug-likeness (QED) is 0.179. The molecule has 164 valence electrons. The van der Waals surface area contributed by atoms with Crippen molar-refractivity contribution in [3.8, 4) is 0 Å². The lowest BCUT2D eigenvalue weighted by Crippen LogP contribution is -2.27. The van der Waals surface area contributed by atoms with Crippen LogP contribution < -0.4 is 0 Å². The normalized spacial score (nSPS) is 12.0. The van der Waals surface area contributed by atoms with Crippen molar-refractivity contribution >= 4 is 0 Å². The fourth-order valence-corrected chi connectivity index (χ4v) is 3.93. The molecular formula is C26H55N. The van der Waals surface area contributed by atoms with Crippen LogP contribution in [0.5, 0.6) is 0 Å². The highest BCUT2D eigenvalue weighted by molar-refractivity contribution is 4.61. The fourth-order valence-electron chi connectivity index (χ4n) is 3.93. The van der Waals surface area contributed by atoms with Crippen molar-refractivity contribution in [2.24, 2.45) is 11.8 Å². The van der Waals surface area contributed by atoms with Crippen LogP contribution >= 0.6 is 0 Å². The first-order valence-corrected chi connectivity index (χ1v) is 12.8. The summed E-state index contributed by atoms with van der Waals surface area (Å²) in [7, 11) is 0. The van der Waals surface area contributed by atoms with Crippen molar-refractivity contribution in [1.82, 2.24) is 4.90 Å². The summed E-state index contributed by atoms with van der Waals surface area (Å²) in [5.41, 5.74) is 0. The van der Waals surface area contributed by atoms with Gasteiger partial charge in [-0.05, 0) is 50.7 Å². The van der Waals surface area contributed by atoms with E-state index < -0.39 is 0 Å². The van der Waals surface area contributed by atoms with Gasteiger partial charge in [-0.15, -0.1) is 0 Å². The first-order valence-electron chi connectivity index (χ1n) is 12.8. The molecule has 1 nitrogen and oxygen atoms in total. The maximum atomic E-state index is 2.79. The van der Waals surface area contributed by atoms with Crippen molar-refractivity contribution in [2.45, 2.75) is 137 Å². The second-order valence-electron chi connectivity index (χ2n) is 9.80. The third-order valence-electron chi connectivity index (χ3n) is 5.84. The van der Waals surface area contributed by atoms with Gasteiger partial charge < -0.3 is 4.90 Å². The molecule has 0 N–H and O–H groups in total. The van der Waals surface area contributed by atoms with E-state index in [1.807, 2.05) is 0 Å². The minimum absolute atomic E-state index is 0.874. The highest BCUT2D eigenvalue weighted by Crippen LogP contribution is 2.13. The van der Waals surface area contributed by atoms with E-state index in [4.69, 9.17) is 0 Å². The van der Waals surface area contributed by atoms with Crippen LogP contribution in [0, 0.1) is 11.8 Å². The first kappa shape index (κ1) is 27.0. The van der Waals surface area contributed by atoms with E-state index in [0.29, 0.717) is 0 Å². The molecule has 0 fully saturated rings. The summed E-state index contributed by atoms with van der Waals surface area (Å²) < 4.78 is 0. The van der Waals surface area contributed by atoms with Gasteiger partial charge >= 0.3 is 0 Å². The average Bonchev–Trinajstić information content (AvgIpc) is 2.62. The Labute approximate surface area is 174 Å². The summed E-state index contributed by atoms with van der Waals surface area (Å²) in [6, 6.07) is 0. The van der Waals surface area contributed by atoms with Gasteiger partial charge in [0.1, 0.15) is 0 Å². The van der Waals surface area contributed by atoms with E-state index in [0.717, 1.165) is 11.8 Å². The van der Waals surface area contributed by atoms with Crippen molar-refractivity contribution in [3.63, 3.8) is 0 Å². The molecule has 0 bridgehead atoms. The number of rotatable bonds is 21. The summed E-state index contributed by atoms with van der Waals surface area (Å²) in [4.78, 5) is 2.79. The van der Waals surface area contributed by atoms with E-state index in [2.05, 4.69) is 39.5 Å². The van der Waals surface area contributed by atoms with Gasteiger partial charge in [0.05, 0.1) is 0 Å². The molecule has 0 aliphatic carbocycles. The van der Waals surface area contributed by atoms with Crippen molar-refractivity contribution < 1.29 is 0 Å². The number of hydrogen-bond donors (Lipinski definition) is 0. The molecule has 0 saturated carbocycles. The number of nitrogens with zero attached hydrogens (tertiary/aromatic N) is 1. The number of unbranched alkanes of at least 4 members (excludes halogenated alkanes) is 11. The molecule has 0 unspecified atom stereocenters. The van der Waals surface area contributed by atoms with Gasteiger partial charge in [0, 0.05) is 0 Å². The first-order chi connectivity index (χ1) is 13.1. The monoisotopic (exact) mass is 381 g/mol. The predicted octanol–water partition coefficient (Wildman–Crippen LogP) is 8.86. The minimum atomic E-state index is 0.874. The molecule has 0 aromatic rings. The zero-order valence-electron chi connectivity index (χ0n) is 20.0. The summed E-state index contributed by atoms with van der Waals surface area (Å²) in [6.07, 6.45) is 22.9. The zero-order valence-corrected chi connectivity index (χ0v) is 20.0. The molecule has 0 radical (unpaired) electrons. The standard InChI is InChI=1S/C26H55N/c1-6-7-8-9-10-11-12-17-22-27(23-18-13-15-20-25(2)3)24-19-14-16-21-26(4)5/h25-26H,6-24H2,1-5H3. The van der Waals surface area contributed by atoms with Gasteiger partial charge in [-0.1, -0.05) is 118 Å². The van der Waals surface area contributed by atoms with Crippen LogP contribution in [0.1, 0.15) is 137 Å². The van der Waals surface area contributed by atoms with Crippen molar-refractivity contribution in [2.75, 3.05) is 19.6 Å². The summed E-state index contributed by atoms with van der Waals surface area (Å²) in [6.45, 7) is 15.8. The van der Waals surface area contributed by atoms with Gasteiger partial charge in [0.25, 0.3) is 0 Å². The maximum absolute atomic E-state index is 2.79. The van der Waals surface area contributed by atoms with Crippen LogP contribution in [-0.2, 0) is 0 Å². The van der Waals surface area contributed by atoms with E-state index >= 15 is 0 Å². The molecule has 0 spiro atoms. The predicted molar refractivity (Wildman–Crippen MR) is 126 cm³/mol. The molecule has 0 aromatic heterocycles. The second kappa shape index (κ2) is 20.7. The molecule has 0 aromatic carbocycles. The lowest BCUT2D eigenvalue weighted by atomic mass is 10.0. The fraction of sp³-hybridized carbons (Fsp3) is 1.00. The molecule has 27 heavy (non-hydrogen) atoms. The van der Waals surface area contributed by atoms with E-state index in [1.165, 1.54) is 122 Å². The smallest absolute Gasteiger partial charge is 0.00187 e. The Balaban J connectivity index is 3.83. The molecular weight excluding hydrogens is 326 g/mol. The Bertz CT molecular complexity index is 253. The Morgan fingerprint density at radius 3 is 1.15 bits per heavy atom. The van der Waals surface area contributed by atoms with E-state index in [9.17, 15) is 0 Å². The lowest BCUT2D eigenvalue weighted by Gasteiger charge is -2.22. The molecule has 0 aliphatic heterocycles. The molecule has 0 saturated heterocycles. The van der Waals surface area contributed by atoms with Crippen LogP contribution in [0.4, 0.5) is 0 Å². The van der Waals surface area contributed by atoms with E-state index in [1.54, 1.807) is 0 Å². The molecule has 0 amide bonds. The largest absolute Gasteiger partial charge is 0.303 e. The zero-order chi connectivity index (χ0) is 20.2. The number of hydrogen-bond acceptors (Lipinski definition) is 1. The van der Waals surface area contributed by atoms with Crippen LogP contribution in [0.2, 0.25) is 0 Å². The van der Waals surface area contributed by atoms with Crippen LogP contribution in [-0.4, -0.2) is 24.5 Å². The Kier molecular flexibility index (Phi) is 20.7. The van der Waals surface area contributed by atoms with Crippen LogP contribution in [0.25, 0.3) is 0 Å². The van der Waals surface area contributed by atoms with Crippen LogP contribution in [0.15, 0.2) is 0 Å². The van der Waals surface area contributed by atoms with Crippen LogP contribution in [0.3, 0.4) is 0 Å². The topological polar surface area (TPSA) is 3.24 Å². The average molecular weight is 382 g/mol. The van der Waals surface area contributed by atoms with E-state index in [-0.39, 0.29) is 0 Å². The van der Waals surface area contributed by atoms with Crippen molar-refractivity contribution in [1.29, 1.82) is 0 Å².